The molecular formula is C18H16N3O3+. The number of anilines is 1. The highest BCUT2D eigenvalue weighted by atomic mass is 16.5. The lowest BCUT2D eigenvalue weighted by Crippen LogP contribution is -2.43. The molecule has 0 radical (unpaired) electrons. The number of para-hydroxylation sites is 1. The minimum absolute atomic E-state index is 0.0420. The number of hydrogen-bond donors (Lipinski definition) is 1. The largest absolute Gasteiger partial charge is 0.465 e. The molecule has 1 amide bonds. The van der Waals surface area contributed by atoms with E-state index in [0.29, 0.717) is 11.3 Å². The molecule has 3 aromatic rings. The predicted molar refractivity (Wildman–Crippen MR) is 88.3 cm³/mol. The number of methoxy groups -OCH3 is 1. The summed E-state index contributed by atoms with van der Waals surface area (Å²) in [7, 11) is 1.30. The number of ether oxygens (including phenoxy) is 1. The van der Waals surface area contributed by atoms with Crippen LogP contribution in [0.5, 0.6) is 0 Å². The first-order valence-electron chi connectivity index (χ1n) is 7.39. The van der Waals surface area contributed by atoms with Crippen molar-refractivity contribution < 1.29 is 19.0 Å². The summed E-state index contributed by atoms with van der Waals surface area (Å²) in [4.78, 5) is 24.0. The summed E-state index contributed by atoms with van der Waals surface area (Å²) >= 11 is 0. The number of carbonyl (C=O) groups is 2. The van der Waals surface area contributed by atoms with Gasteiger partial charge in [-0.1, -0.05) is 35.0 Å². The Labute approximate surface area is 138 Å². The highest BCUT2D eigenvalue weighted by Gasteiger charge is 2.16. The molecule has 1 aromatic heterocycles. The minimum atomic E-state index is -0.498. The third kappa shape index (κ3) is 3.38. The van der Waals surface area contributed by atoms with Crippen LogP contribution in [-0.2, 0) is 16.1 Å². The first kappa shape index (κ1) is 15.6. The van der Waals surface area contributed by atoms with Crippen LogP contribution in [0.2, 0.25) is 0 Å². The number of esters is 1. The van der Waals surface area contributed by atoms with Gasteiger partial charge >= 0.3 is 5.97 Å². The second kappa shape index (κ2) is 6.87. The van der Waals surface area contributed by atoms with Gasteiger partial charge in [-0.2, -0.15) is 0 Å². The lowest BCUT2D eigenvalue weighted by Gasteiger charge is -2.07. The van der Waals surface area contributed by atoms with E-state index in [1.807, 2.05) is 24.3 Å². The van der Waals surface area contributed by atoms with Crippen molar-refractivity contribution >= 4 is 28.3 Å². The molecule has 1 N–H and O–H groups in total. The van der Waals surface area contributed by atoms with Gasteiger partial charge in [-0.3, -0.25) is 4.79 Å². The fourth-order valence-electron chi connectivity index (χ4n) is 2.38. The van der Waals surface area contributed by atoms with Crippen molar-refractivity contribution in [3.8, 4) is 0 Å². The average molecular weight is 322 g/mol. The van der Waals surface area contributed by atoms with E-state index in [-0.39, 0.29) is 12.5 Å². The van der Waals surface area contributed by atoms with Crippen LogP contribution in [0, 0.1) is 0 Å². The van der Waals surface area contributed by atoms with Crippen LogP contribution in [0.4, 0.5) is 5.69 Å². The molecule has 0 saturated heterocycles. The maximum absolute atomic E-state index is 12.3. The fraction of sp³-hybridized carbons (Fsp3) is 0.111. The first-order chi connectivity index (χ1) is 11.7. The Balaban J connectivity index is 1.77. The Morgan fingerprint density at radius 3 is 2.58 bits per heavy atom. The van der Waals surface area contributed by atoms with Gasteiger partial charge in [0.25, 0.3) is 12.5 Å². The van der Waals surface area contributed by atoms with E-state index in [9.17, 15) is 9.59 Å². The molecule has 0 saturated carbocycles. The molecule has 3 rings (SSSR count). The van der Waals surface area contributed by atoms with Crippen LogP contribution in [0.3, 0.4) is 0 Å². The van der Waals surface area contributed by atoms with Crippen molar-refractivity contribution in [2.24, 2.45) is 0 Å². The van der Waals surface area contributed by atoms with Gasteiger partial charge in [0.05, 0.1) is 18.4 Å². The maximum Gasteiger partial charge on any atom is 0.339 e. The van der Waals surface area contributed by atoms with Crippen LogP contribution >= 0.6 is 0 Å². The molecular weight excluding hydrogens is 306 g/mol. The van der Waals surface area contributed by atoms with Gasteiger partial charge in [0.1, 0.15) is 6.20 Å². The predicted octanol–water partition coefficient (Wildman–Crippen LogP) is 1.95. The number of nitrogens with one attached hydrogen (secondary N) is 1. The number of amides is 1. The Bertz CT molecular complexity index is 909. The summed E-state index contributed by atoms with van der Waals surface area (Å²) in [6.45, 7) is 0.0420. The summed E-state index contributed by atoms with van der Waals surface area (Å²) in [5.74, 6) is -0.776. The smallest absolute Gasteiger partial charge is 0.339 e. The van der Waals surface area contributed by atoms with Gasteiger partial charge < -0.3 is 10.1 Å². The zero-order valence-electron chi connectivity index (χ0n) is 13.1. The summed E-state index contributed by atoms with van der Waals surface area (Å²) in [5, 5.41) is 8.95. The van der Waals surface area contributed by atoms with Crippen LogP contribution in [0.1, 0.15) is 10.4 Å². The molecule has 0 bridgehead atoms. The third-order valence-electron chi connectivity index (χ3n) is 3.54. The molecule has 0 atom stereocenters. The topological polar surface area (TPSA) is 72.2 Å². The highest BCUT2D eigenvalue weighted by molar-refractivity contribution is 6.00. The Kier molecular flexibility index (Phi) is 4.47. The van der Waals surface area contributed by atoms with Crippen LogP contribution < -0.4 is 10.00 Å². The third-order valence-corrected chi connectivity index (χ3v) is 3.54. The normalized spacial score (nSPS) is 10.4. The van der Waals surface area contributed by atoms with E-state index >= 15 is 0 Å². The maximum atomic E-state index is 12.3. The molecule has 1 heterocycles. The van der Waals surface area contributed by atoms with E-state index < -0.39 is 5.97 Å². The monoisotopic (exact) mass is 322 g/mol. The molecule has 6 nitrogen and oxygen atoms in total. The van der Waals surface area contributed by atoms with E-state index in [4.69, 9.17) is 4.74 Å². The van der Waals surface area contributed by atoms with Crippen molar-refractivity contribution in [2.75, 3.05) is 12.4 Å². The van der Waals surface area contributed by atoms with Crippen molar-refractivity contribution in [2.45, 2.75) is 6.54 Å². The second-order valence-corrected chi connectivity index (χ2v) is 5.19. The van der Waals surface area contributed by atoms with Crippen LogP contribution in [-0.4, -0.2) is 24.1 Å². The van der Waals surface area contributed by atoms with Gasteiger partial charge in [-0.15, -0.1) is 0 Å². The van der Waals surface area contributed by atoms with Crippen LogP contribution in [0.25, 0.3) is 10.8 Å². The van der Waals surface area contributed by atoms with E-state index in [0.717, 1.165) is 10.8 Å². The number of carbonyl (C=O) groups excluding carboxylic acids is 2. The molecule has 0 fully saturated rings. The summed E-state index contributed by atoms with van der Waals surface area (Å²) in [6.07, 6.45) is 3.52. The summed E-state index contributed by atoms with van der Waals surface area (Å²) in [6, 6.07) is 14.5. The van der Waals surface area contributed by atoms with Crippen molar-refractivity contribution in [3.05, 3.63) is 66.5 Å². The van der Waals surface area contributed by atoms with Crippen molar-refractivity contribution in [3.63, 3.8) is 0 Å². The SMILES string of the molecule is COC(=O)c1ccccc1NC(=O)C[n+]1cc2ccccc2cn1. The molecule has 0 aliphatic rings. The zero-order chi connectivity index (χ0) is 16.9. The molecule has 0 unspecified atom stereocenters. The molecule has 0 spiro atoms. The quantitative estimate of drug-likeness (QED) is 0.589. The van der Waals surface area contributed by atoms with Crippen molar-refractivity contribution in [1.82, 2.24) is 5.10 Å². The number of nitrogens with zero attached hydrogens (tertiary/aromatic N) is 2. The van der Waals surface area contributed by atoms with Gasteiger partial charge in [0, 0.05) is 10.8 Å². The second-order valence-electron chi connectivity index (χ2n) is 5.19. The number of fused-ring (bicyclic) bond motifs is 1. The van der Waals surface area contributed by atoms with E-state index in [1.54, 1.807) is 41.3 Å². The Morgan fingerprint density at radius 1 is 1.08 bits per heavy atom. The Morgan fingerprint density at radius 2 is 1.79 bits per heavy atom. The lowest BCUT2D eigenvalue weighted by atomic mass is 10.2. The van der Waals surface area contributed by atoms with Crippen molar-refractivity contribution in [1.29, 1.82) is 0 Å². The highest BCUT2D eigenvalue weighted by Crippen LogP contribution is 2.16. The minimum Gasteiger partial charge on any atom is -0.465 e. The summed E-state index contributed by atoms with van der Waals surface area (Å²) < 4.78 is 6.27. The fourth-order valence-corrected chi connectivity index (χ4v) is 2.38. The molecule has 2 aromatic carbocycles. The van der Waals surface area contributed by atoms with E-state index in [1.165, 1.54) is 7.11 Å². The molecule has 6 heteroatoms. The first-order valence-corrected chi connectivity index (χ1v) is 7.39. The molecule has 24 heavy (non-hydrogen) atoms. The molecule has 120 valence electrons. The van der Waals surface area contributed by atoms with Gasteiger partial charge in [-0.25, -0.2) is 4.79 Å². The number of rotatable bonds is 4. The summed E-state index contributed by atoms with van der Waals surface area (Å²) in [5.41, 5.74) is 0.723. The number of hydrogen-bond acceptors (Lipinski definition) is 4. The van der Waals surface area contributed by atoms with Gasteiger partial charge in [-0.05, 0) is 23.3 Å². The standard InChI is InChI=1S/C18H15N3O3/c1-24-18(23)15-8-4-5-9-16(15)20-17(22)12-21-11-14-7-3-2-6-13(14)10-19-21/h2-11H,12H2,1H3/p+1. The lowest BCUT2D eigenvalue weighted by molar-refractivity contribution is -0.740. The zero-order valence-corrected chi connectivity index (χ0v) is 13.1. The average Bonchev–Trinajstić information content (AvgIpc) is 2.61. The van der Waals surface area contributed by atoms with Gasteiger partial charge in [0.2, 0.25) is 6.20 Å². The number of aromatic nitrogens is 2. The van der Waals surface area contributed by atoms with E-state index in [2.05, 4.69) is 10.4 Å². The molecule has 0 aliphatic carbocycles. The van der Waals surface area contributed by atoms with Crippen LogP contribution in [0.15, 0.2) is 60.9 Å². The molecule has 0 aliphatic heterocycles. The number of benzene rings is 2. The Hall–Kier alpha value is -3.28. The van der Waals surface area contributed by atoms with Gasteiger partial charge in [0.15, 0.2) is 0 Å².